The number of anilines is 4. The van der Waals surface area contributed by atoms with E-state index in [1.54, 1.807) is 11.3 Å². The summed E-state index contributed by atoms with van der Waals surface area (Å²) in [4.78, 5) is 6.84. The van der Waals surface area contributed by atoms with E-state index >= 15 is 0 Å². The first kappa shape index (κ1) is 15.4. The zero-order valence-corrected chi connectivity index (χ0v) is 14.4. The molecule has 1 heterocycles. The van der Waals surface area contributed by atoms with Crippen molar-refractivity contribution in [3.05, 3.63) is 91.1 Å². The summed E-state index contributed by atoms with van der Waals surface area (Å²) in [5.74, 6) is 0. The van der Waals surface area contributed by atoms with Crippen LogP contribution in [0.25, 0.3) is 10.6 Å². The van der Waals surface area contributed by atoms with Crippen LogP contribution in [0.4, 0.5) is 22.1 Å². The molecule has 0 aliphatic carbocycles. The van der Waals surface area contributed by atoms with Gasteiger partial charge in [0.25, 0.3) is 0 Å². The topological polar surface area (TPSA) is 42.1 Å². The van der Waals surface area contributed by atoms with Crippen molar-refractivity contribution in [1.82, 2.24) is 4.98 Å². The van der Waals surface area contributed by atoms with Gasteiger partial charge in [0, 0.05) is 22.6 Å². The molecule has 4 aromatic rings. The summed E-state index contributed by atoms with van der Waals surface area (Å²) in [5, 5.41) is 2.05. The van der Waals surface area contributed by atoms with Gasteiger partial charge in [-0.25, -0.2) is 4.98 Å². The molecule has 0 spiro atoms. The Labute approximate surface area is 151 Å². The standard InChI is InChI=1S/C21H17N3S/c22-17-13-11-16(12-14-17)21-23-15-20(25-21)24(18-7-3-1-4-8-18)19-9-5-2-6-10-19/h1-15H,22H2. The quantitative estimate of drug-likeness (QED) is 0.472. The average molecular weight is 343 g/mol. The van der Waals surface area contributed by atoms with Gasteiger partial charge in [-0.15, -0.1) is 0 Å². The van der Waals surface area contributed by atoms with Crippen LogP contribution in [0.3, 0.4) is 0 Å². The van der Waals surface area contributed by atoms with Crippen LogP contribution in [0.5, 0.6) is 0 Å². The van der Waals surface area contributed by atoms with Gasteiger partial charge in [-0.3, -0.25) is 0 Å². The Kier molecular flexibility index (Phi) is 4.19. The molecule has 25 heavy (non-hydrogen) atoms. The van der Waals surface area contributed by atoms with Gasteiger partial charge in [0.15, 0.2) is 0 Å². The van der Waals surface area contributed by atoms with Crippen molar-refractivity contribution >= 4 is 33.4 Å². The molecule has 122 valence electrons. The van der Waals surface area contributed by atoms with E-state index in [-0.39, 0.29) is 0 Å². The fourth-order valence-corrected chi connectivity index (χ4v) is 3.65. The summed E-state index contributed by atoms with van der Waals surface area (Å²) < 4.78 is 0. The van der Waals surface area contributed by atoms with Crippen LogP contribution in [-0.2, 0) is 0 Å². The molecular weight excluding hydrogens is 326 g/mol. The van der Waals surface area contributed by atoms with Crippen molar-refractivity contribution in [2.45, 2.75) is 0 Å². The highest BCUT2D eigenvalue weighted by Gasteiger charge is 2.15. The Morgan fingerprint density at radius 2 is 1.28 bits per heavy atom. The summed E-state index contributed by atoms with van der Waals surface area (Å²) in [6, 6.07) is 28.5. The Morgan fingerprint density at radius 1 is 0.720 bits per heavy atom. The highest BCUT2D eigenvalue weighted by atomic mass is 32.1. The van der Waals surface area contributed by atoms with Crippen LogP contribution in [0.15, 0.2) is 91.1 Å². The number of nitrogens with zero attached hydrogens (tertiary/aromatic N) is 2. The number of hydrogen-bond donors (Lipinski definition) is 1. The number of benzene rings is 3. The predicted octanol–water partition coefficient (Wildman–Crippen LogP) is 5.86. The molecule has 0 radical (unpaired) electrons. The number of rotatable bonds is 4. The lowest BCUT2D eigenvalue weighted by Crippen LogP contribution is -2.07. The first-order chi connectivity index (χ1) is 12.3. The minimum absolute atomic E-state index is 0.760. The Hall–Kier alpha value is -3.11. The molecule has 3 nitrogen and oxygen atoms in total. The number of aromatic nitrogens is 1. The van der Waals surface area contributed by atoms with Gasteiger partial charge < -0.3 is 10.6 Å². The second kappa shape index (κ2) is 6.79. The number of thiazole rings is 1. The third-order valence-corrected chi connectivity index (χ3v) is 4.93. The van der Waals surface area contributed by atoms with Gasteiger partial charge in [0.05, 0.1) is 6.20 Å². The van der Waals surface area contributed by atoms with Crippen molar-refractivity contribution < 1.29 is 0 Å². The molecule has 3 aromatic carbocycles. The normalized spacial score (nSPS) is 10.6. The molecule has 4 rings (SSSR count). The molecule has 0 aliphatic heterocycles. The SMILES string of the molecule is Nc1ccc(-c2ncc(N(c3ccccc3)c3ccccc3)s2)cc1. The van der Waals surface area contributed by atoms with Gasteiger partial charge in [-0.1, -0.05) is 47.7 Å². The molecule has 0 saturated heterocycles. The van der Waals surface area contributed by atoms with Crippen LogP contribution < -0.4 is 10.6 Å². The summed E-state index contributed by atoms with van der Waals surface area (Å²) in [6.07, 6.45) is 1.93. The first-order valence-corrected chi connectivity index (χ1v) is 8.85. The summed E-state index contributed by atoms with van der Waals surface area (Å²) in [5.41, 5.74) is 9.84. The summed E-state index contributed by atoms with van der Waals surface area (Å²) in [6.45, 7) is 0. The van der Waals surface area contributed by atoms with Gasteiger partial charge in [0.2, 0.25) is 0 Å². The molecule has 0 atom stereocenters. The minimum atomic E-state index is 0.760. The van der Waals surface area contributed by atoms with E-state index in [1.165, 1.54) is 0 Å². The van der Waals surface area contributed by atoms with E-state index in [1.807, 2.05) is 66.9 Å². The average Bonchev–Trinajstić information content (AvgIpc) is 3.14. The van der Waals surface area contributed by atoms with Crippen molar-refractivity contribution in [1.29, 1.82) is 0 Å². The minimum Gasteiger partial charge on any atom is -0.399 e. The van der Waals surface area contributed by atoms with E-state index < -0.39 is 0 Å². The highest BCUT2D eigenvalue weighted by Crippen LogP contribution is 2.39. The summed E-state index contributed by atoms with van der Waals surface area (Å²) >= 11 is 1.66. The van der Waals surface area contributed by atoms with Crippen LogP contribution in [0, 0.1) is 0 Å². The molecular formula is C21H17N3S. The third-order valence-electron chi connectivity index (χ3n) is 3.90. The van der Waals surface area contributed by atoms with E-state index in [0.717, 1.165) is 32.6 Å². The fourth-order valence-electron chi connectivity index (χ4n) is 2.69. The molecule has 0 unspecified atom stereocenters. The van der Waals surface area contributed by atoms with E-state index in [2.05, 4.69) is 34.1 Å². The van der Waals surface area contributed by atoms with Crippen molar-refractivity contribution in [2.24, 2.45) is 0 Å². The van der Waals surface area contributed by atoms with E-state index in [9.17, 15) is 0 Å². The molecule has 0 amide bonds. The first-order valence-electron chi connectivity index (χ1n) is 8.03. The molecule has 0 saturated carbocycles. The highest BCUT2D eigenvalue weighted by molar-refractivity contribution is 7.19. The maximum absolute atomic E-state index is 5.78. The number of para-hydroxylation sites is 2. The summed E-state index contributed by atoms with van der Waals surface area (Å²) in [7, 11) is 0. The Bertz CT molecular complexity index is 908. The number of nitrogen functional groups attached to an aromatic ring is 1. The van der Waals surface area contributed by atoms with Crippen LogP contribution in [-0.4, -0.2) is 4.98 Å². The Balaban J connectivity index is 1.77. The van der Waals surface area contributed by atoms with Crippen molar-refractivity contribution in [2.75, 3.05) is 10.6 Å². The second-order valence-electron chi connectivity index (χ2n) is 5.63. The van der Waals surface area contributed by atoms with E-state index in [0.29, 0.717) is 0 Å². The van der Waals surface area contributed by atoms with Crippen LogP contribution >= 0.6 is 11.3 Å². The van der Waals surface area contributed by atoms with Gasteiger partial charge in [-0.2, -0.15) is 0 Å². The number of nitrogens with two attached hydrogens (primary N) is 1. The second-order valence-corrected chi connectivity index (χ2v) is 6.64. The van der Waals surface area contributed by atoms with Crippen molar-refractivity contribution in [3.63, 3.8) is 0 Å². The van der Waals surface area contributed by atoms with Gasteiger partial charge >= 0.3 is 0 Å². The number of hydrogen-bond acceptors (Lipinski definition) is 4. The molecule has 4 heteroatoms. The van der Waals surface area contributed by atoms with Gasteiger partial charge in [-0.05, 0) is 48.5 Å². The van der Waals surface area contributed by atoms with Crippen LogP contribution in [0.2, 0.25) is 0 Å². The van der Waals surface area contributed by atoms with Crippen LogP contribution in [0.1, 0.15) is 0 Å². The lowest BCUT2D eigenvalue weighted by Gasteiger charge is -2.22. The molecule has 0 bridgehead atoms. The van der Waals surface area contributed by atoms with Crippen molar-refractivity contribution in [3.8, 4) is 10.6 Å². The molecule has 0 fully saturated rings. The largest absolute Gasteiger partial charge is 0.399 e. The maximum atomic E-state index is 5.78. The zero-order valence-electron chi connectivity index (χ0n) is 13.5. The fraction of sp³-hybridized carbons (Fsp3) is 0. The van der Waals surface area contributed by atoms with E-state index in [4.69, 9.17) is 5.73 Å². The molecule has 2 N–H and O–H groups in total. The molecule has 0 aliphatic rings. The smallest absolute Gasteiger partial charge is 0.125 e. The third kappa shape index (κ3) is 3.25. The monoisotopic (exact) mass is 343 g/mol. The Morgan fingerprint density at radius 3 is 1.84 bits per heavy atom. The molecule has 1 aromatic heterocycles. The predicted molar refractivity (Wildman–Crippen MR) is 107 cm³/mol. The van der Waals surface area contributed by atoms with Gasteiger partial charge in [0.1, 0.15) is 10.0 Å². The lowest BCUT2D eigenvalue weighted by molar-refractivity contribution is 1.29. The zero-order chi connectivity index (χ0) is 17.1. The lowest BCUT2D eigenvalue weighted by atomic mass is 10.2. The maximum Gasteiger partial charge on any atom is 0.125 e.